The summed E-state index contributed by atoms with van der Waals surface area (Å²) in [5, 5.41) is 6.23. The van der Waals surface area contributed by atoms with Crippen molar-refractivity contribution in [2.75, 3.05) is 18.4 Å². The SMILES string of the molecule is CC(Nc1ccc(OC2CCCC2)c(Cl)c1)C(=O)N1CCNC1=O. The van der Waals surface area contributed by atoms with Gasteiger partial charge >= 0.3 is 6.03 Å². The summed E-state index contributed by atoms with van der Waals surface area (Å²) in [6.45, 7) is 2.62. The van der Waals surface area contributed by atoms with E-state index in [4.69, 9.17) is 16.3 Å². The Kier molecular flexibility index (Phi) is 5.14. The lowest BCUT2D eigenvalue weighted by molar-refractivity contribution is -0.128. The summed E-state index contributed by atoms with van der Waals surface area (Å²) in [7, 11) is 0. The van der Waals surface area contributed by atoms with Crippen molar-refractivity contribution in [2.24, 2.45) is 0 Å². The molecular weight excluding hydrogens is 330 g/mol. The lowest BCUT2D eigenvalue weighted by Crippen LogP contribution is -2.43. The standard InChI is InChI=1S/C17H22ClN3O3/c1-11(16(22)21-9-8-19-17(21)23)20-12-6-7-15(14(18)10-12)24-13-4-2-3-5-13/h6-7,10-11,13,20H,2-5,8-9H2,1H3,(H,19,23). The van der Waals surface area contributed by atoms with Crippen LogP contribution in [0.3, 0.4) is 0 Å². The van der Waals surface area contributed by atoms with Crippen molar-refractivity contribution in [1.82, 2.24) is 10.2 Å². The first-order valence-electron chi connectivity index (χ1n) is 8.36. The van der Waals surface area contributed by atoms with E-state index in [0.717, 1.165) is 18.5 Å². The Hall–Kier alpha value is -1.95. The zero-order chi connectivity index (χ0) is 17.1. The van der Waals surface area contributed by atoms with Crippen LogP contribution in [-0.4, -0.2) is 42.1 Å². The Morgan fingerprint density at radius 3 is 2.79 bits per heavy atom. The molecule has 24 heavy (non-hydrogen) atoms. The van der Waals surface area contributed by atoms with E-state index in [2.05, 4.69) is 10.6 Å². The van der Waals surface area contributed by atoms with Crippen LogP contribution in [0.15, 0.2) is 18.2 Å². The molecule has 2 N–H and O–H groups in total. The fourth-order valence-corrected chi connectivity index (χ4v) is 3.32. The maximum Gasteiger partial charge on any atom is 0.324 e. The molecule has 0 spiro atoms. The number of benzene rings is 1. The second-order valence-corrected chi connectivity index (χ2v) is 6.66. The number of anilines is 1. The second-order valence-electron chi connectivity index (χ2n) is 6.26. The predicted molar refractivity (Wildman–Crippen MR) is 92.5 cm³/mol. The van der Waals surface area contributed by atoms with E-state index in [0.29, 0.717) is 23.9 Å². The fourth-order valence-electron chi connectivity index (χ4n) is 3.10. The fraction of sp³-hybridized carbons (Fsp3) is 0.529. The Balaban J connectivity index is 1.61. The highest BCUT2D eigenvalue weighted by molar-refractivity contribution is 6.32. The minimum absolute atomic E-state index is 0.246. The summed E-state index contributed by atoms with van der Waals surface area (Å²) in [4.78, 5) is 25.1. The first-order valence-corrected chi connectivity index (χ1v) is 8.74. The number of ether oxygens (including phenoxy) is 1. The minimum Gasteiger partial charge on any atom is -0.489 e. The number of carbonyl (C=O) groups is 2. The van der Waals surface area contributed by atoms with Crippen molar-refractivity contribution in [3.05, 3.63) is 23.2 Å². The highest BCUT2D eigenvalue weighted by Crippen LogP contribution is 2.32. The average molecular weight is 352 g/mol. The van der Waals surface area contributed by atoms with Gasteiger partial charge in [-0.2, -0.15) is 0 Å². The second kappa shape index (κ2) is 7.30. The lowest BCUT2D eigenvalue weighted by Gasteiger charge is -2.20. The van der Waals surface area contributed by atoms with Gasteiger partial charge < -0.3 is 15.4 Å². The number of amides is 3. The Labute approximate surface area is 146 Å². The van der Waals surface area contributed by atoms with Crippen LogP contribution in [-0.2, 0) is 4.79 Å². The van der Waals surface area contributed by atoms with Gasteiger partial charge in [-0.1, -0.05) is 11.6 Å². The number of imide groups is 1. The summed E-state index contributed by atoms with van der Waals surface area (Å²) in [6, 6.07) is 4.55. The molecule has 1 heterocycles. The summed E-state index contributed by atoms with van der Waals surface area (Å²) >= 11 is 6.30. The van der Waals surface area contributed by atoms with Gasteiger partial charge in [0.15, 0.2) is 0 Å². The van der Waals surface area contributed by atoms with Crippen LogP contribution >= 0.6 is 11.6 Å². The largest absolute Gasteiger partial charge is 0.489 e. The third-order valence-corrected chi connectivity index (χ3v) is 4.70. The van der Waals surface area contributed by atoms with Crippen LogP contribution in [0.2, 0.25) is 5.02 Å². The van der Waals surface area contributed by atoms with Crippen LogP contribution in [0.25, 0.3) is 0 Å². The molecule has 1 saturated carbocycles. The van der Waals surface area contributed by atoms with E-state index in [-0.39, 0.29) is 18.0 Å². The van der Waals surface area contributed by atoms with Gasteiger partial charge in [0.2, 0.25) is 0 Å². The van der Waals surface area contributed by atoms with Crippen LogP contribution in [0.4, 0.5) is 10.5 Å². The van der Waals surface area contributed by atoms with Crippen LogP contribution in [0.5, 0.6) is 5.75 Å². The summed E-state index contributed by atoms with van der Waals surface area (Å²) in [5.41, 5.74) is 0.722. The first kappa shape index (κ1) is 16.9. The molecule has 1 unspecified atom stereocenters. The minimum atomic E-state index is -0.522. The molecule has 1 aromatic carbocycles. The first-order chi connectivity index (χ1) is 11.5. The zero-order valence-corrected chi connectivity index (χ0v) is 14.4. The van der Waals surface area contributed by atoms with E-state index in [1.165, 1.54) is 17.7 Å². The van der Waals surface area contributed by atoms with Gasteiger partial charge in [-0.25, -0.2) is 4.79 Å². The monoisotopic (exact) mass is 351 g/mol. The van der Waals surface area contributed by atoms with Gasteiger partial charge in [0.25, 0.3) is 5.91 Å². The summed E-state index contributed by atoms with van der Waals surface area (Å²) < 4.78 is 5.92. The van der Waals surface area contributed by atoms with Gasteiger partial charge in [0, 0.05) is 18.8 Å². The highest BCUT2D eigenvalue weighted by atomic mass is 35.5. The quantitative estimate of drug-likeness (QED) is 0.855. The molecule has 3 rings (SSSR count). The number of urea groups is 1. The molecule has 1 aliphatic heterocycles. The molecule has 1 aliphatic carbocycles. The zero-order valence-electron chi connectivity index (χ0n) is 13.7. The van der Waals surface area contributed by atoms with E-state index in [9.17, 15) is 9.59 Å². The van der Waals surface area contributed by atoms with Crippen molar-refractivity contribution in [3.63, 3.8) is 0 Å². The molecule has 0 bridgehead atoms. The molecule has 1 saturated heterocycles. The van der Waals surface area contributed by atoms with Crippen molar-refractivity contribution in [1.29, 1.82) is 0 Å². The van der Waals surface area contributed by atoms with Crippen molar-refractivity contribution in [3.8, 4) is 5.75 Å². The van der Waals surface area contributed by atoms with Crippen LogP contribution in [0.1, 0.15) is 32.6 Å². The van der Waals surface area contributed by atoms with Gasteiger partial charge in [-0.15, -0.1) is 0 Å². The van der Waals surface area contributed by atoms with Crippen LogP contribution in [0, 0.1) is 0 Å². The third-order valence-electron chi connectivity index (χ3n) is 4.40. The molecule has 1 atom stereocenters. The Bertz CT molecular complexity index is 632. The molecular formula is C17H22ClN3O3. The average Bonchev–Trinajstić information content (AvgIpc) is 3.20. The number of carbonyl (C=O) groups excluding carboxylic acids is 2. The smallest absolute Gasteiger partial charge is 0.324 e. The topological polar surface area (TPSA) is 70.7 Å². The highest BCUT2D eigenvalue weighted by Gasteiger charge is 2.29. The number of hydrogen-bond donors (Lipinski definition) is 2. The van der Waals surface area contributed by atoms with Crippen LogP contribution < -0.4 is 15.4 Å². The van der Waals surface area contributed by atoms with Gasteiger partial charge in [0.05, 0.1) is 11.1 Å². The molecule has 2 fully saturated rings. The summed E-state index contributed by atoms with van der Waals surface area (Å²) in [6.07, 6.45) is 4.78. The lowest BCUT2D eigenvalue weighted by atomic mass is 10.2. The molecule has 6 nitrogen and oxygen atoms in total. The van der Waals surface area contributed by atoms with Crippen molar-refractivity contribution in [2.45, 2.75) is 44.8 Å². The number of nitrogens with zero attached hydrogens (tertiary/aromatic N) is 1. The van der Waals surface area contributed by atoms with E-state index in [1.54, 1.807) is 13.0 Å². The van der Waals surface area contributed by atoms with E-state index >= 15 is 0 Å². The van der Waals surface area contributed by atoms with Gasteiger partial charge in [0.1, 0.15) is 11.8 Å². The van der Waals surface area contributed by atoms with E-state index in [1.807, 2.05) is 12.1 Å². The Morgan fingerprint density at radius 2 is 2.17 bits per heavy atom. The molecule has 130 valence electrons. The third kappa shape index (κ3) is 3.75. The number of hydrogen-bond acceptors (Lipinski definition) is 4. The maximum atomic E-state index is 12.3. The molecule has 7 heteroatoms. The molecule has 0 radical (unpaired) electrons. The number of rotatable bonds is 5. The molecule has 1 aromatic rings. The van der Waals surface area contributed by atoms with Gasteiger partial charge in [-0.3, -0.25) is 9.69 Å². The van der Waals surface area contributed by atoms with E-state index < -0.39 is 6.04 Å². The molecule has 0 aromatic heterocycles. The van der Waals surface area contributed by atoms with Crippen molar-refractivity contribution >= 4 is 29.2 Å². The Morgan fingerprint density at radius 1 is 1.42 bits per heavy atom. The normalized spacial score (nSPS) is 19.2. The van der Waals surface area contributed by atoms with Crippen molar-refractivity contribution < 1.29 is 14.3 Å². The molecule has 2 aliphatic rings. The number of nitrogens with one attached hydrogen (secondary N) is 2. The molecule has 3 amide bonds. The summed E-state index contributed by atoms with van der Waals surface area (Å²) in [5.74, 6) is 0.416. The maximum absolute atomic E-state index is 12.3. The van der Waals surface area contributed by atoms with Gasteiger partial charge in [-0.05, 0) is 50.8 Å². The predicted octanol–water partition coefficient (Wildman–Crippen LogP) is 3.01. The number of halogens is 1.